The van der Waals surface area contributed by atoms with Gasteiger partial charge >= 0.3 is 0 Å². The van der Waals surface area contributed by atoms with Crippen LogP contribution in [0.4, 0.5) is 0 Å². The Morgan fingerprint density at radius 2 is 2.11 bits per heavy atom. The minimum Gasteiger partial charge on any atom is -0.383 e. The summed E-state index contributed by atoms with van der Waals surface area (Å²) in [5, 5.41) is 14.1. The van der Waals surface area contributed by atoms with Crippen molar-refractivity contribution in [2.45, 2.75) is 19.8 Å². The first-order valence-electron chi connectivity index (χ1n) is 5.99. The van der Waals surface area contributed by atoms with E-state index in [1.807, 2.05) is 6.92 Å². The molecule has 0 saturated heterocycles. The summed E-state index contributed by atoms with van der Waals surface area (Å²) in [7, 11) is 1.54. The third kappa shape index (κ3) is 3.44. The Balaban J connectivity index is 2.29. The molecule has 2 amide bonds. The molecule has 1 rings (SSSR count). The van der Waals surface area contributed by atoms with Crippen LogP contribution >= 0.6 is 0 Å². The largest absolute Gasteiger partial charge is 0.383 e. The molecule has 100 valence electrons. The standard InChI is InChI=1S/C12H19N3O3/c1-9-5-12(6-9,8-13)11(17)15-7-10(16)14-3-4-18-2/h9H,3-7H2,1-2H3,(H,14,16)(H,15,17). The van der Waals surface area contributed by atoms with Gasteiger partial charge in [-0.1, -0.05) is 6.92 Å². The number of nitrogens with zero attached hydrogens (tertiary/aromatic N) is 1. The lowest BCUT2D eigenvalue weighted by Crippen LogP contribution is -2.50. The molecule has 0 aromatic heterocycles. The van der Waals surface area contributed by atoms with Crippen molar-refractivity contribution in [3.05, 3.63) is 0 Å². The first kappa shape index (κ1) is 14.5. The highest BCUT2D eigenvalue weighted by Gasteiger charge is 2.48. The molecule has 0 bridgehead atoms. The Kier molecular flexibility index (Phi) is 5.10. The number of hydrogen-bond acceptors (Lipinski definition) is 4. The number of methoxy groups -OCH3 is 1. The summed E-state index contributed by atoms with van der Waals surface area (Å²) >= 11 is 0. The number of nitrogens with one attached hydrogen (secondary N) is 2. The highest BCUT2D eigenvalue weighted by atomic mass is 16.5. The summed E-state index contributed by atoms with van der Waals surface area (Å²) in [6.45, 7) is 2.74. The van der Waals surface area contributed by atoms with Crippen molar-refractivity contribution in [2.24, 2.45) is 11.3 Å². The van der Waals surface area contributed by atoms with E-state index in [2.05, 4.69) is 16.7 Å². The maximum atomic E-state index is 11.8. The fraction of sp³-hybridized carbons (Fsp3) is 0.750. The van der Waals surface area contributed by atoms with E-state index in [-0.39, 0.29) is 18.4 Å². The summed E-state index contributed by atoms with van der Waals surface area (Å²) in [6, 6.07) is 2.06. The lowest BCUT2D eigenvalue weighted by molar-refractivity contribution is -0.135. The molecule has 0 radical (unpaired) electrons. The summed E-state index contributed by atoms with van der Waals surface area (Å²) in [6.07, 6.45) is 1.14. The van der Waals surface area contributed by atoms with Gasteiger partial charge in [-0.15, -0.1) is 0 Å². The van der Waals surface area contributed by atoms with E-state index >= 15 is 0 Å². The molecule has 0 unspecified atom stereocenters. The van der Waals surface area contributed by atoms with Crippen molar-refractivity contribution in [1.29, 1.82) is 5.26 Å². The number of nitriles is 1. The van der Waals surface area contributed by atoms with Gasteiger partial charge in [0, 0.05) is 13.7 Å². The number of carbonyl (C=O) groups is 2. The van der Waals surface area contributed by atoms with E-state index in [0.717, 1.165) is 0 Å². The quantitative estimate of drug-likeness (QED) is 0.642. The van der Waals surface area contributed by atoms with Crippen LogP contribution < -0.4 is 10.6 Å². The molecule has 1 aliphatic carbocycles. The number of amides is 2. The van der Waals surface area contributed by atoms with Crippen molar-refractivity contribution < 1.29 is 14.3 Å². The van der Waals surface area contributed by atoms with E-state index in [1.165, 1.54) is 0 Å². The van der Waals surface area contributed by atoms with Crippen LogP contribution in [0.15, 0.2) is 0 Å². The SMILES string of the molecule is COCCNC(=O)CNC(=O)C1(C#N)CC(C)C1. The van der Waals surface area contributed by atoms with Gasteiger partial charge in [0.1, 0.15) is 5.41 Å². The minimum atomic E-state index is -0.924. The minimum absolute atomic E-state index is 0.0969. The smallest absolute Gasteiger partial charge is 0.240 e. The third-order valence-corrected chi connectivity index (χ3v) is 3.08. The Labute approximate surface area is 107 Å². The molecule has 0 spiro atoms. The Morgan fingerprint density at radius 1 is 1.44 bits per heavy atom. The van der Waals surface area contributed by atoms with E-state index in [0.29, 0.717) is 31.9 Å². The van der Waals surface area contributed by atoms with Gasteiger partial charge < -0.3 is 15.4 Å². The third-order valence-electron chi connectivity index (χ3n) is 3.08. The van der Waals surface area contributed by atoms with Crippen LogP contribution in [0, 0.1) is 22.7 Å². The highest BCUT2D eigenvalue weighted by Crippen LogP contribution is 2.44. The molecular formula is C12H19N3O3. The highest BCUT2D eigenvalue weighted by molar-refractivity contribution is 5.90. The van der Waals surface area contributed by atoms with E-state index in [9.17, 15) is 9.59 Å². The molecule has 2 N–H and O–H groups in total. The monoisotopic (exact) mass is 253 g/mol. The molecule has 1 saturated carbocycles. The van der Waals surface area contributed by atoms with Gasteiger partial charge in [-0.05, 0) is 18.8 Å². The molecule has 1 aliphatic rings. The second-order valence-corrected chi connectivity index (χ2v) is 4.73. The lowest BCUT2D eigenvalue weighted by Gasteiger charge is -2.39. The van der Waals surface area contributed by atoms with Crippen LogP contribution in [-0.4, -0.2) is 38.6 Å². The van der Waals surface area contributed by atoms with Crippen molar-refractivity contribution >= 4 is 11.8 Å². The van der Waals surface area contributed by atoms with Crippen LogP contribution in [-0.2, 0) is 14.3 Å². The van der Waals surface area contributed by atoms with Crippen molar-refractivity contribution in [2.75, 3.05) is 26.8 Å². The van der Waals surface area contributed by atoms with Crippen molar-refractivity contribution in [3.8, 4) is 6.07 Å². The van der Waals surface area contributed by atoms with Gasteiger partial charge in [0.25, 0.3) is 0 Å². The fourth-order valence-corrected chi connectivity index (χ4v) is 2.14. The van der Waals surface area contributed by atoms with E-state index in [1.54, 1.807) is 7.11 Å². The molecule has 0 heterocycles. The predicted octanol–water partition coefficient (Wildman–Crippen LogP) is -0.195. The molecule has 0 aliphatic heterocycles. The zero-order valence-corrected chi connectivity index (χ0v) is 10.8. The molecule has 1 fully saturated rings. The van der Waals surface area contributed by atoms with Crippen LogP contribution in [0.25, 0.3) is 0 Å². The average Bonchev–Trinajstić information content (AvgIpc) is 2.32. The van der Waals surface area contributed by atoms with Gasteiger partial charge in [0.05, 0.1) is 19.2 Å². The Morgan fingerprint density at radius 3 is 2.61 bits per heavy atom. The summed E-state index contributed by atoms with van der Waals surface area (Å²) in [4.78, 5) is 23.2. The number of carbonyl (C=O) groups excluding carboxylic acids is 2. The first-order chi connectivity index (χ1) is 8.54. The zero-order chi connectivity index (χ0) is 13.6. The number of ether oxygens (including phenoxy) is 1. The Hall–Kier alpha value is -1.61. The summed E-state index contributed by atoms with van der Waals surface area (Å²) in [5.41, 5.74) is -0.924. The lowest BCUT2D eigenvalue weighted by atomic mass is 9.63. The second-order valence-electron chi connectivity index (χ2n) is 4.73. The van der Waals surface area contributed by atoms with Crippen molar-refractivity contribution in [1.82, 2.24) is 10.6 Å². The van der Waals surface area contributed by atoms with E-state index in [4.69, 9.17) is 10.00 Å². The second kappa shape index (κ2) is 6.36. The molecule has 0 aromatic carbocycles. The Bertz CT molecular complexity index is 356. The van der Waals surface area contributed by atoms with Crippen LogP contribution in [0.5, 0.6) is 0 Å². The summed E-state index contributed by atoms with van der Waals surface area (Å²) in [5.74, 6) is -0.225. The molecular weight excluding hydrogens is 234 g/mol. The molecule has 18 heavy (non-hydrogen) atoms. The van der Waals surface area contributed by atoms with Gasteiger partial charge in [0.2, 0.25) is 11.8 Å². The van der Waals surface area contributed by atoms with E-state index < -0.39 is 5.41 Å². The fourth-order valence-electron chi connectivity index (χ4n) is 2.14. The van der Waals surface area contributed by atoms with Crippen LogP contribution in [0.3, 0.4) is 0 Å². The van der Waals surface area contributed by atoms with Gasteiger partial charge in [-0.25, -0.2) is 0 Å². The van der Waals surface area contributed by atoms with Gasteiger partial charge in [-0.3, -0.25) is 9.59 Å². The maximum Gasteiger partial charge on any atom is 0.240 e. The topological polar surface area (TPSA) is 91.2 Å². The van der Waals surface area contributed by atoms with Crippen molar-refractivity contribution in [3.63, 3.8) is 0 Å². The molecule has 6 heteroatoms. The van der Waals surface area contributed by atoms with Gasteiger partial charge in [-0.2, -0.15) is 5.26 Å². The molecule has 6 nitrogen and oxygen atoms in total. The normalized spacial score (nSPS) is 25.7. The number of hydrogen-bond donors (Lipinski definition) is 2. The number of rotatable bonds is 6. The average molecular weight is 253 g/mol. The maximum absolute atomic E-state index is 11.8. The van der Waals surface area contributed by atoms with Crippen LogP contribution in [0.1, 0.15) is 19.8 Å². The van der Waals surface area contributed by atoms with Gasteiger partial charge in [0.15, 0.2) is 0 Å². The first-order valence-corrected chi connectivity index (χ1v) is 5.99. The molecule has 0 aromatic rings. The molecule has 0 atom stereocenters. The zero-order valence-electron chi connectivity index (χ0n) is 10.8. The predicted molar refractivity (Wildman–Crippen MR) is 64.3 cm³/mol. The summed E-state index contributed by atoms with van der Waals surface area (Å²) < 4.78 is 4.78. The van der Waals surface area contributed by atoms with Crippen LogP contribution in [0.2, 0.25) is 0 Å².